The largest absolute Gasteiger partial charge is 0.454 e. The number of piperidine rings is 1. The van der Waals surface area contributed by atoms with E-state index in [9.17, 15) is 4.79 Å². The highest BCUT2D eigenvalue weighted by Crippen LogP contribution is 2.35. The van der Waals surface area contributed by atoms with Crippen LogP contribution in [0.1, 0.15) is 18.4 Å². The van der Waals surface area contributed by atoms with Crippen LogP contribution in [-0.4, -0.2) is 62.4 Å². The number of fused-ring (bicyclic) bond motifs is 2. The average Bonchev–Trinajstić information content (AvgIpc) is 3.08. The smallest absolute Gasteiger partial charge is 0.231 e. The van der Waals surface area contributed by atoms with E-state index < -0.39 is 0 Å². The highest BCUT2D eigenvalue weighted by atomic mass is 16.7. The molecule has 3 aliphatic heterocycles. The van der Waals surface area contributed by atoms with Gasteiger partial charge in [0.25, 0.3) is 0 Å². The molecule has 4 rings (SSSR count). The molecule has 0 unspecified atom stereocenters. The molecule has 0 aliphatic carbocycles. The lowest BCUT2D eigenvalue weighted by molar-refractivity contribution is -0.146. The first-order valence-electron chi connectivity index (χ1n) is 9.04. The van der Waals surface area contributed by atoms with E-state index in [0.29, 0.717) is 25.4 Å². The minimum Gasteiger partial charge on any atom is -0.454 e. The van der Waals surface area contributed by atoms with Crippen molar-refractivity contribution in [1.82, 2.24) is 9.80 Å². The molecule has 0 saturated carbocycles. The van der Waals surface area contributed by atoms with Crippen molar-refractivity contribution in [2.75, 3.05) is 40.6 Å². The van der Waals surface area contributed by atoms with Crippen LogP contribution in [0.5, 0.6) is 11.5 Å². The third-order valence-electron chi connectivity index (χ3n) is 5.48. The maximum Gasteiger partial charge on any atom is 0.231 e. The molecule has 6 heteroatoms. The Morgan fingerprint density at radius 2 is 2.12 bits per heavy atom. The van der Waals surface area contributed by atoms with Crippen LogP contribution in [0.2, 0.25) is 0 Å². The summed E-state index contributed by atoms with van der Waals surface area (Å²) in [7, 11) is 3.64. The minimum absolute atomic E-state index is 0.00161. The van der Waals surface area contributed by atoms with Crippen molar-refractivity contribution in [3.05, 3.63) is 23.8 Å². The molecular weight excluding hydrogens is 320 g/mol. The van der Waals surface area contributed by atoms with Gasteiger partial charge in [-0.15, -0.1) is 0 Å². The summed E-state index contributed by atoms with van der Waals surface area (Å²) in [5.74, 6) is 2.29. The Labute approximate surface area is 148 Å². The fourth-order valence-corrected chi connectivity index (χ4v) is 4.18. The molecule has 1 amide bonds. The van der Waals surface area contributed by atoms with Gasteiger partial charge in [0.05, 0.1) is 18.6 Å². The fourth-order valence-electron chi connectivity index (χ4n) is 4.18. The van der Waals surface area contributed by atoms with E-state index in [0.717, 1.165) is 44.0 Å². The summed E-state index contributed by atoms with van der Waals surface area (Å²) in [5.41, 5.74) is 1.24. The number of rotatable bonds is 3. The van der Waals surface area contributed by atoms with Crippen LogP contribution in [0.15, 0.2) is 18.2 Å². The van der Waals surface area contributed by atoms with Crippen LogP contribution in [0.4, 0.5) is 0 Å². The molecule has 3 aliphatic rings. The molecule has 3 heterocycles. The Hall–Kier alpha value is -1.79. The lowest BCUT2D eigenvalue weighted by Gasteiger charge is -2.43. The summed E-state index contributed by atoms with van der Waals surface area (Å²) in [6.45, 7) is 3.79. The molecule has 136 valence electrons. The number of amides is 1. The SMILES string of the molecule is CN(C)C(=O)[C@@H]1CO[C@@H]2CCN(Cc3ccc4c(c3)OCO4)C[C@@H]2C1. The van der Waals surface area contributed by atoms with Crippen molar-refractivity contribution >= 4 is 5.91 Å². The highest BCUT2D eigenvalue weighted by molar-refractivity contribution is 5.78. The number of nitrogens with zero attached hydrogens (tertiary/aromatic N) is 2. The van der Waals surface area contributed by atoms with E-state index in [2.05, 4.69) is 17.0 Å². The maximum atomic E-state index is 12.3. The highest BCUT2D eigenvalue weighted by Gasteiger charge is 2.38. The third-order valence-corrected chi connectivity index (χ3v) is 5.48. The Bertz CT molecular complexity index is 648. The summed E-state index contributed by atoms with van der Waals surface area (Å²) < 4.78 is 16.9. The molecule has 3 atom stereocenters. The molecule has 2 saturated heterocycles. The topological polar surface area (TPSA) is 51.2 Å². The zero-order chi connectivity index (χ0) is 17.4. The van der Waals surface area contributed by atoms with E-state index in [-0.39, 0.29) is 11.8 Å². The van der Waals surface area contributed by atoms with Crippen LogP contribution in [0, 0.1) is 11.8 Å². The molecule has 25 heavy (non-hydrogen) atoms. The van der Waals surface area contributed by atoms with Crippen LogP contribution in [-0.2, 0) is 16.1 Å². The molecule has 0 bridgehead atoms. The summed E-state index contributed by atoms with van der Waals surface area (Å²) >= 11 is 0. The molecule has 0 radical (unpaired) electrons. The summed E-state index contributed by atoms with van der Waals surface area (Å²) in [6, 6.07) is 6.17. The van der Waals surface area contributed by atoms with E-state index in [1.165, 1.54) is 5.56 Å². The van der Waals surface area contributed by atoms with Crippen LogP contribution >= 0.6 is 0 Å². The van der Waals surface area contributed by atoms with E-state index >= 15 is 0 Å². The first-order chi connectivity index (χ1) is 12.1. The van der Waals surface area contributed by atoms with Gasteiger partial charge >= 0.3 is 0 Å². The molecule has 0 N–H and O–H groups in total. The van der Waals surface area contributed by atoms with Crippen molar-refractivity contribution in [1.29, 1.82) is 0 Å². The minimum atomic E-state index is 0.00161. The number of hydrogen-bond acceptors (Lipinski definition) is 5. The number of carbonyl (C=O) groups is 1. The fraction of sp³-hybridized carbons (Fsp3) is 0.632. The third kappa shape index (κ3) is 3.46. The molecule has 2 fully saturated rings. The Balaban J connectivity index is 1.38. The lowest BCUT2D eigenvalue weighted by atomic mass is 9.83. The molecular formula is C19H26N2O4. The summed E-state index contributed by atoms with van der Waals surface area (Å²) in [5, 5.41) is 0. The Morgan fingerprint density at radius 3 is 2.96 bits per heavy atom. The van der Waals surface area contributed by atoms with Crippen LogP contribution < -0.4 is 9.47 Å². The first kappa shape index (κ1) is 16.7. The maximum absolute atomic E-state index is 12.3. The second kappa shape index (κ2) is 6.84. The van der Waals surface area contributed by atoms with Crippen molar-refractivity contribution < 1.29 is 19.0 Å². The van der Waals surface area contributed by atoms with Gasteiger partial charge < -0.3 is 19.1 Å². The Morgan fingerprint density at radius 1 is 1.28 bits per heavy atom. The number of likely N-dealkylation sites (tertiary alicyclic amines) is 1. The lowest BCUT2D eigenvalue weighted by Crippen LogP contribution is -2.50. The molecule has 1 aromatic carbocycles. The average molecular weight is 346 g/mol. The van der Waals surface area contributed by atoms with Gasteiger partial charge in [0.2, 0.25) is 12.7 Å². The monoisotopic (exact) mass is 346 g/mol. The number of hydrogen-bond donors (Lipinski definition) is 0. The van der Waals surface area contributed by atoms with Gasteiger partial charge in [-0.05, 0) is 36.5 Å². The quantitative estimate of drug-likeness (QED) is 0.834. The van der Waals surface area contributed by atoms with E-state index in [1.54, 1.807) is 4.90 Å². The zero-order valence-electron chi connectivity index (χ0n) is 14.9. The van der Waals surface area contributed by atoms with Gasteiger partial charge in [-0.2, -0.15) is 0 Å². The number of carbonyl (C=O) groups excluding carboxylic acids is 1. The first-order valence-corrected chi connectivity index (χ1v) is 9.04. The Kier molecular flexibility index (Phi) is 4.56. The number of ether oxygens (including phenoxy) is 3. The molecule has 0 spiro atoms. The zero-order valence-corrected chi connectivity index (χ0v) is 14.9. The molecule has 6 nitrogen and oxygen atoms in total. The molecule has 0 aromatic heterocycles. The van der Waals surface area contributed by atoms with Crippen molar-refractivity contribution in [2.24, 2.45) is 11.8 Å². The van der Waals surface area contributed by atoms with Crippen LogP contribution in [0.3, 0.4) is 0 Å². The van der Waals surface area contributed by atoms with E-state index in [1.807, 2.05) is 20.2 Å². The second-order valence-electron chi connectivity index (χ2n) is 7.51. The van der Waals surface area contributed by atoms with Crippen LogP contribution in [0.25, 0.3) is 0 Å². The van der Waals surface area contributed by atoms with E-state index in [4.69, 9.17) is 14.2 Å². The van der Waals surface area contributed by atoms with Gasteiger partial charge in [-0.3, -0.25) is 9.69 Å². The van der Waals surface area contributed by atoms with Gasteiger partial charge in [0.1, 0.15) is 0 Å². The predicted molar refractivity (Wildman–Crippen MR) is 92.5 cm³/mol. The second-order valence-corrected chi connectivity index (χ2v) is 7.51. The predicted octanol–water partition coefficient (Wildman–Crippen LogP) is 1.73. The molecule has 1 aromatic rings. The van der Waals surface area contributed by atoms with Crippen molar-refractivity contribution in [3.63, 3.8) is 0 Å². The van der Waals surface area contributed by atoms with Gasteiger partial charge in [-0.1, -0.05) is 6.07 Å². The van der Waals surface area contributed by atoms with Crippen molar-refractivity contribution in [3.8, 4) is 11.5 Å². The summed E-state index contributed by atoms with van der Waals surface area (Å²) in [4.78, 5) is 16.4. The summed E-state index contributed by atoms with van der Waals surface area (Å²) in [6.07, 6.45) is 2.27. The standard InChI is InChI=1S/C19H26N2O4/c1-20(2)19(22)15-8-14-10-21(6-5-16(14)23-11-15)9-13-3-4-17-18(7-13)25-12-24-17/h3-4,7,14-16H,5-6,8-12H2,1-2H3/t14-,15-,16+/m0/s1. The normalized spacial score (nSPS) is 28.5. The van der Waals surface area contributed by atoms with Crippen molar-refractivity contribution in [2.45, 2.75) is 25.5 Å². The van der Waals surface area contributed by atoms with Gasteiger partial charge in [0.15, 0.2) is 11.5 Å². The number of benzene rings is 1. The van der Waals surface area contributed by atoms with Gasteiger partial charge in [-0.25, -0.2) is 0 Å². The van der Waals surface area contributed by atoms with Gasteiger partial charge in [0, 0.05) is 33.7 Å².